The second-order valence-electron chi connectivity index (χ2n) is 5.90. The maximum absolute atomic E-state index is 12.8. The first kappa shape index (κ1) is 17.6. The van der Waals surface area contributed by atoms with Crippen LogP contribution in [0.4, 0.5) is 9.18 Å². The highest BCUT2D eigenvalue weighted by molar-refractivity contribution is 6.21. The minimum atomic E-state index is -0.364. The number of nitrogens with one attached hydrogen (secondary N) is 2. The summed E-state index contributed by atoms with van der Waals surface area (Å²) in [6, 6.07) is 12.2. The highest BCUT2D eigenvalue weighted by Gasteiger charge is 2.34. The van der Waals surface area contributed by atoms with Gasteiger partial charge in [-0.2, -0.15) is 0 Å². The van der Waals surface area contributed by atoms with E-state index < -0.39 is 0 Å². The van der Waals surface area contributed by atoms with Crippen LogP contribution in [0.5, 0.6) is 0 Å². The van der Waals surface area contributed by atoms with Gasteiger partial charge in [0.05, 0.1) is 11.1 Å². The summed E-state index contributed by atoms with van der Waals surface area (Å²) < 4.78 is 12.8. The van der Waals surface area contributed by atoms with Gasteiger partial charge < -0.3 is 10.6 Å². The summed E-state index contributed by atoms with van der Waals surface area (Å²) in [7, 11) is 0. The Morgan fingerprint density at radius 3 is 2.15 bits per heavy atom. The van der Waals surface area contributed by atoms with Crippen molar-refractivity contribution in [1.82, 2.24) is 15.5 Å². The standard InChI is InChI=1S/C19H18FN3O3/c20-14-8-6-13(7-9-14)12-22-19(26)21-10-3-11-23-17(24)15-4-1-2-5-16(15)18(23)25/h1-2,4-9H,3,10-12H2,(H2,21,22,26). The van der Waals surface area contributed by atoms with E-state index in [1.807, 2.05) is 0 Å². The average molecular weight is 355 g/mol. The Kier molecular flexibility index (Phi) is 5.26. The van der Waals surface area contributed by atoms with Gasteiger partial charge in [-0.05, 0) is 36.2 Å². The van der Waals surface area contributed by atoms with Gasteiger partial charge >= 0.3 is 6.03 Å². The topological polar surface area (TPSA) is 78.5 Å². The van der Waals surface area contributed by atoms with Crippen molar-refractivity contribution in [3.8, 4) is 0 Å². The molecule has 0 unspecified atom stereocenters. The first-order chi connectivity index (χ1) is 12.6. The fourth-order valence-corrected chi connectivity index (χ4v) is 2.73. The second kappa shape index (κ2) is 7.77. The third-order valence-electron chi connectivity index (χ3n) is 4.09. The first-order valence-electron chi connectivity index (χ1n) is 8.27. The first-order valence-corrected chi connectivity index (χ1v) is 8.27. The van der Waals surface area contributed by atoms with Crippen LogP contribution in [-0.2, 0) is 6.54 Å². The lowest BCUT2D eigenvalue weighted by molar-refractivity contribution is 0.0653. The highest BCUT2D eigenvalue weighted by atomic mass is 19.1. The van der Waals surface area contributed by atoms with Crippen molar-refractivity contribution in [2.24, 2.45) is 0 Å². The molecule has 4 amide bonds. The van der Waals surface area contributed by atoms with Gasteiger partial charge in [-0.25, -0.2) is 9.18 Å². The number of hydrogen-bond donors (Lipinski definition) is 2. The van der Waals surface area contributed by atoms with Crippen LogP contribution in [0.2, 0.25) is 0 Å². The van der Waals surface area contributed by atoms with E-state index in [4.69, 9.17) is 0 Å². The summed E-state index contributed by atoms with van der Waals surface area (Å²) >= 11 is 0. The van der Waals surface area contributed by atoms with Crippen LogP contribution < -0.4 is 10.6 Å². The van der Waals surface area contributed by atoms with Crippen molar-refractivity contribution in [1.29, 1.82) is 0 Å². The van der Waals surface area contributed by atoms with E-state index in [1.54, 1.807) is 36.4 Å². The molecule has 0 atom stereocenters. The quantitative estimate of drug-likeness (QED) is 0.617. The number of imide groups is 1. The molecule has 7 heteroatoms. The summed E-state index contributed by atoms with van der Waals surface area (Å²) in [5.41, 5.74) is 1.62. The molecular weight excluding hydrogens is 337 g/mol. The number of carbonyl (C=O) groups excluding carboxylic acids is 3. The minimum Gasteiger partial charge on any atom is -0.338 e. The molecule has 3 rings (SSSR count). The van der Waals surface area contributed by atoms with Gasteiger partial charge in [0.25, 0.3) is 11.8 Å². The summed E-state index contributed by atoms with van der Waals surface area (Å²) in [6.45, 7) is 0.845. The molecule has 2 aromatic carbocycles. The van der Waals surface area contributed by atoms with Crippen LogP contribution in [0.3, 0.4) is 0 Å². The third-order valence-corrected chi connectivity index (χ3v) is 4.09. The van der Waals surface area contributed by atoms with Crippen molar-refractivity contribution < 1.29 is 18.8 Å². The Morgan fingerprint density at radius 1 is 0.923 bits per heavy atom. The molecule has 0 spiro atoms. The SMILES string of the molecule is O=C(NCCCN1C(=O)c2ccccc2C1=O)NCc1ccc(F)cc1. The largest absolute Gasteiger partial charge is 0.338 e. The van der Waals surface area contributed by atoms with Crippen LogP contribution in [-0.4, -0.2) is 35.8 Å². The van der Waals surface area contributed by atoms with Gasteiger partial charge in [0.15, 0.2) is 0 Å². The number of fused-ring (bicyclic) bond motifs is 1. The lowest BCUT2D eigenvalue weighted by Gasteiger charge is -2.14. The molecule has 0 radical (unpaired) electrons. The zero-order valence-electron chi connectivity index (χ0n) is 14.0. The number of nitrogens with zero attached hydrogens (tertiary/aromatic N) is 1. The lowest BCUT2D eigenvalue weighted by atomic mass is 10.1. The summed E-state index contributed by atoms with van der Waals surface area (Å²) in [5.74, 6) is -0.927. The van der Waals surface area contributed by atoms with E-state index >= 15 is 0 Å². The molecule has 1 aliphatic rings. The van der Waals surface area contributed by atoms with Gasteiger partial charge in [-0.1, -0.05) is 24.3 Å². The van der Waals surface area contributed by atoms with Gasteiger partial charge in [0, 0.05) is 19.6 Å². The number of halogens is 1. The van der Waals surface area contributed by atoms with Crippen LogP contribution in [0.25, 0.3) is 0 Å². The van der Waals surface area contributed by atoms with Crippen LogP contribution in [0, 0.1) is 5.82 Å². The Hall–Kier alpha value is -3.22. The third kappa shape index (κ3) is 3.88. The Balaban J connectivity index is 1.39. The monoisotopic (exact) mass is 355 g/mol. The summed E-state index contributed by atoms with van der Waals surface area (Å²) in [6.07, 6.45) is 0.454. The molecule has 0 saturated carbocycles. The molecule has 0 saturated heterocycles. The predicted octanol–water partition coefficient (Wildman–Crippen LogP) is 2.31. The van der Waals surface area contributed by atoms with E-state index in [0.717, 1.165) is 5.56 Å². The molecule has 0 fully saturated rings. The van der Waals surface area contributed by atoms with Gasteiger partial charge in [-0.3, -0.25) is 14.5 Å². The van der Waals surface area contributed by atoms with Gasteiger partial charge in [0.2, 0.25) is 0 Å². The minimum absolute atomic E-state index is 0.241. The van der Waals surface area contributed by atoms with Gasteiger partial charge in [-0.15, -0.1) is 0 Å². The molecule has 2 aromatic rings. The number of rotatable bonds is 6. The normalized spacial score (nSPS) is 12.9. The summed E-state index contributed by atoms with van der Waals surface area (Å²) in [5, 5.41) is 5.32. The number of urea groups is 1. The lowest BCUT2D eigenvalue weighted by Crippen LogP contribution is -2.37. The number of amides is 4. The molecule has 0 aromatic heterocycles. The number of benzene rings is 2. The van der Waals surface area contributed by atoms with E-state index in [9.17, 15) is 18.8 Å². The van der Waals surface area contributed by atoms with Crippen molar-refractivity contribution >= 4 is 17.8 Å². The molecule has 0 bridgehead atoms. The molecule has 0 aliphatic carbocycles. The second-order valence-corrected chi connectivity index (χ2v) is 5.90. The Morgan fingerprint density at radius 2 is 1.54 bits per heavy atom. The molecule has 6 nitrogen and oxygen atoms in total. The fraction of sp³-hybridized carbons (Fsp3) is 0.211. The maximum atomic E-state index is 12.8. The van der Waals surface area contributed by atoms with E-state index in [1.165, 1.54) is 17.0 Å². The zero-order chi connectivity index (χ0) is 18.5. The van der Waals surface area contributed by atoms with Gasteiger partial charge in [0.1, 0.15) is 5.82 Å². The Bertz CT molecular complexity index is 801. The van der Waals surface area contributed by atoms with E-state index in [0.29, 0.717) is 24.1 Å². The molecule has 134 valence electrons. The van der Waals surface area contributed by atoms with Crippen molar-refractivity contribution in [2.75, 3.05) is 13.1 Å². The molecule has 1 heterocycles. The zero-order valence-corrected chi connectivity index (χ0v) is 14.0. The van der Waals surface area contributed by atoms with Crippen molar-refractivity contribution in [3.63, 3.8) is 0 Å². The maximum Gasteiger partial charge on any atom is 0.315 e. The number of hydrogen-bond acceptors (Lipinski definition) is 3. The van der Waals surface area contributed by atoms with Crippen molar-refractivity contribution in [3.05, 3.63) is 71.0 Å². The smallest absolute Gasteiger partial charge is 0.315 e. The predicted molar refractivity (Wildman–Crippen MR) is 93.1 cm³/mol. The van der Waals surface area contributed by atoms with Crippen LogP contribution in [0.15, 0.2) is 48.5 Å². The van der Waals surface area contributed by atoms with Crippen LogP contribution in [0.1, 0.15) is 32.7 Å². The average Bonchev–Trinajstić information content (AvgIpc) is 2.89. The molecular formula is C19H18FN3O3. The van der Waals surface area contributed by atoms with Crippen molar-refractivity contribution in [2.45, 2.75) is 13.0 Å². The van der Waals surface area contributed by atoms with E-state index in [-0.39, 0.29) is 36.8 Å². The highest BCUT2D eigenvalue weighted by Crippen LogP contribution is 2.22. The fourth-order valence-electron chi connectivity index (χ4n) is 2.73. The molecule has 1 aliphatic heterocycles. The van der Waals surface area contributed by atoms with Crippen LogP contribution >= 0.6 is 0 Å². The van der Waals surface area contributed by atoms with E-state index in [2.05, 4.69) is 10.6 Å². The summed E-state index contributed by atoms with van der Waals surface area (Å²) in [4.78, 5) is 37.3. The molecule has 2 N–H and O–H groups in total. The number of carbonyl (C=O) groups is 3. The Labute approximate surface area is 150 Å². The molecule has 26 heavy (non-hydrogen) atoms.